The van der Waals surface area contributed by atoms with Crippen molar-refractivity contribution in [3.8, 4) is 0 Å². The number of carbonyl (C=O) groups is 1. The molecule has 1 N–H and O–H groups in total. The minimum absolute atomic E-state index is 0.139. The van der Waals surface area contributed by atoms with Gasteiger partial charge in [0.2, 0.25) is 0 Å². The van der Waals surface area contributed by atoms with Gasteiger partial charge >= 0.3 is 0 Å². The largest absolute Gasteiger partial charge is 0.356 e. The Kier molecular flexibility index (Phi) is 4.61. The molecule has 5 nitrogen and oxygen atoms in total. The fraction of sp³-hybridized carbons (Fsp3) is 0.250. The number of aryl methyl sites for hydroxylation is 2. The molecule has 31 heavy (non-hydrogen) atoms. The molecule has 0 aliphatic carbocycles. The summed E-state index contributed by atoms with van der Waals surface area (Å²) in [4.78, 5) is 18.6. The number of nitrogens with zero attached hydrogens (tertiary/aromatic N) is 3. The maximum Gasteiger partial charge on any atom is 0.272 e. The third-order valence-electron chi connectivity index (χ3n) is 5.97. The molecule has 0 fully saturated rings. The highest BCUT2D eigenvalue weighted by atomic mass is 19.1. The van der Waals surface area contributed by atoms with Crippen molar-refractivity contribution in [3.05, 3.63) is 88.4 Å². The van der Waals surface area contributed by atoms with E-state index in [9.17, 15) is 13.6 Å². The number of rotatable bonds is 3. The molecule has 2 aromatic carbocycles. The maximum absolute atomic E-state index is 15.0. The minimum atomic E-state index is -0.764. The number of benzene rings is 2. The van der Waals surface area contributed by atoms with Crippen LogP contribution in [0.1, 0.15) is 46.0 Å². The van der Waals surface area contributed by atoms with Gasteiger partial charge in [-0.25, -0.2) is 8.78 Å². The van der Waals surface area contributed by atoms with E-state index in [4.69, 9.17) is 0 Å². The Morgan fingerprint density at radius 2 is 2.00 bits per heavy atom. The van der Waals surface area contributed by atoms with E-state index in [1.54, 1.807) is 15.6 Å². The average Bonchev–Trinajstić information content (AvgIpc) is 3.34. The van der Waals surface area contributed by atoms with Crippen molar-refractivity contribution >= 4 is 16.8 Å². The standard InChI is InChI=1S/C24H22F2N4O/c1-3-30-21(12-14(2)28-30)24(31)29-11-10-17-16-6-4-5-7-20(16)27-22(17)23(29)18-13-15(25)8-9-19(18)26/h4-9,12-13,23,27H,3,10-11H2,1-2H3. The van der Waals surface area contributed by atoms with Gasteiger partial charge in [-0.05, 0) is 56.2 Å². The molecule has 0 bridgehead atoms. The molecule has 1 atom stereocenters. The van der Waals surface area contributed by atoms with E-state index in [-0.39, 0.29) is 11.5 Å². The van der Waals surface area contributed by atoms with Crippen molar-refractivity contribution in [1.29, 1.82) is 0 Å². The number of fused-ring (bicyclic) bond motifs is 3. The Hall–Kier alpha value is -3.48. The summed E-state index contributed by atoms with van der Waals surface area (Å²) in [6.07, 6.45) is 0.623. The minimum Gasteiger partial charge on any atom is -0.356 e. The SMILES string of the molecule is CCn1nc(C)cc1C(=O)N1CCc2c([nH]c3ccccc23)C1c1cc(F)ccc1F. The molecule has 0 saturated carbocycles. The number of para-hydroxylation sites is 1. The Balaban J connectivity index is 1.71. The molecule has 4 aromatic rings. The summed E-state index contributed by atoms with van der Waals surface area (Å²) in [5.74, 6) is -1.34. The van der Waals surface area contributed by atoms with E-state index in [0.717, 1.165) is 40.0 Å². The third-order valence-corrected chi connectivity index (χ3v) is 5.97. The summed E-state index contributed by atoms with van der Waals surface area (Å²) >= 11 is 0. The normalized spacial score (nSPS) is 16.0. The first kappa shape index (κ1) is 19.5. The van der Waals surface area contributed by atoms with Crippen LogP contribution in [-0.4, -0.2) is 32.1 Å². The van der Waals surface area contributed by atoms with Crippen LogP contribution in [-0.2, 0) is 13.0 Å². The van der Waals surface area contributed by atoms with Crippen LogP contribution in [0.5, 0.6) is 0 Å². The fourth-order valence-electron chi connectivity index (χ4n) is 4.61. The number of carbonyl (C=O) groups excluding carboxylic acids is 1. The number of halogens is 2. The zero-order valence-electron chi connectivity index (χ0n) is 17.3. The van der Waals surface area contributed by atoms with E-state index in [1.807, 2.05) is 38.1 Å². The van der Waals surface area contributed by atoms with E-state index in [1.165, 1.54) is 6.07 Å². The van der Waals surface area contributed by atoms with Gasteiger partial charge in [0.25, 0.3) is 5.91 Å². The lowest BCUT2D eigenvalue weighted by molar-refractivity contribution is 0.0676. The summed E-state index contributed by atoms with van der Waals surface area (Å²) in [7, 11) is 0. The topological polar surface area (TPSA) is 53.9 Å². The average molecular weight is 420 g/mol. The monoisotopic (exact) mass is 420 g/mol. The predicted octanol–water partition coefficient (Wildman–Crippen LogP) is 4.76. The van der Waals surface area contributed by atoms with E-state index in [2.05, 4.69) is 10.1 Å². The number of nitrogens with one attached hydrogen (secondary N) is 1. The molecule has 1 amide bonds. The van der Waals surface area contributed by atoms with Crippen molar-refractivity contribution < 1.29 is 13.6 Å². The van der Waals surface area contributed by atoms with Gasteiger partial charge in [-0.3, -0.25) is 9.48 Å². The number of aromatic amines is 1. The Bertz CT molecular complexity index is 1310. The molecule has 1 unspecified atom stereocenters. The number of hydrogen-bond donors (Lipinski definition) is 1. The van der Waals surface area contributed by atoms with Gasteiger partial charge in [-0.15, -0.1) is 0 Å². The molecule has 158 valence electrons. The van der Waals surface area contributed by atoms with Crippen molar-refractivity contribution in [2.75, 3.05) is 6.54 Å². The lowest BCUT2D eigenvalue weighted by Crippen LogP contribution is -2.41. The summed E-state index contributed by atoms with van der Waals surface area (Å²) in [6, 6.07) is 12.2. The zero-order chi connectivity index (χ0) is 21.7. The molecule has 2 aromatic heterocycles. The second-order valence-corrected chi connectivity index (χ2v) is 7.87. The zero-order valence-corrected chi connectivity index (χ0v) is 17.3. The van der Waals surface area contributed by atoms with Gasteiger partial charge < -0.3 is 9.88 Å². The van der Waals surface area contributed by atoms with E-state index >= 15 is 0 Å². The van der Waals surface area contributed by atoms with Crippen LogP contribution in [0.4, 0.5) is 8.78 Å². The Morgan fingerprint density at radius 3 is 2.81 bits per heavy atom. The molecule has 1 aliphatic rings. The Morgan fingerprint density at radius 1 is 1.19 bits per heavy atom. The highest BCUT2D eigenvalue weighted by Crippen LogP contribution is 2.40. The molecule has 1 aliphatic heterocycles. The van der Waals surface area contributed by atoms with Crippen LogP contribution in [0.2, 0.25) is 0 Å². The molecule has 5 rings (SSSR count). The number of aromatic nitrogens is 3. The Labute approximate surface area is 178 Å². The summed E-state index contributed by atoms with van der Waals surface area (Å²) < 4.78 is 30.8. The molecule has 3 heterocycles. The summed E-state index contributed by atoms with van der Waals surface area (Å²) in [5.41, 5.74) is 4.00. The second-order valence-electron chi connectivity index (χ2n) is 7.87. The predicted molar refractivity (Wildman–Crippen MR) is 114 cm³/mol. The van der Waals surface area contributed by atoms with Gasteiger partial charge in [0.1, 0.15) is 23.4 Å². The molecule has 0 saturated heterocycles. The maximum atomic E-state index is 15.0. The summed E-state index contributed by atoms with van der Waals surface area (Å²) in [6.45, 7) is 4.68. The van der Waals surface area contributed by atoms with E-state index < -0.39 is 17.7 Å². The van der Waals surface area contributed by atoms with Gasteiger partial charge in [-0.1, -0.05) is 18.2 Å². The highest BCUT2D eigenvalue weighted by Gasteiger charge is 2.37. The lowest BCUT2D eigenvalue weighted by atomic mass is 9.91. The van der Waals surface area contributed by atoms with Gasteiger partial charge in [0.05, 0.1) is 5.69 Å². The number of H-pyrrole nitrogens is 1. The number of hydrogen-bond acceptors (Lipinski definition) is 2. The lowest BCUT2D eigenvalue weighted by Gasteiger charge is -2.36. The van der Waals surface area contributed by atoms with Gasteiger partial charge in [-0.2, -0.15) is 5.10 Å². The van der Waals surface area contributed by atoms with E-state index in [0.29, 0.717) is 25.2 Å². The molecular formula is C24H22F2N4O. The molecule has 0 spiro atoms. The van der Waals surface area contributed by atoms with Crippen molar-refractivity contribution in [1.82, 2.24) is 19.7 Å². The molecule has 0 radical (unpaired) electrons. The van der Waals surface area contributed by atoms with Crippen LogP contribution in [0.15, 0.2) is 48.5 Å². The first-order valence-electron chi connectivity index (χ1n) is 10.4. The van der Waals surface area contributed by atoms with Crippen LogP contribution < -0.4 is 0 Å². The number of amides is 1. The fourth-order valence-corrected chi connectivity index (χ4v) is 4.61. The molecule has 7 heteroatoms. The van der Waals surface area contributed by atoms with Gasteiger partial charge in [0.15, 0.2) is 0 Å². The quantitative estimate of drug-likeness (QED) is 0.520. The first-order valence-corrected chi connectivity index (χ1v) is 10.4. The highest BCUT2D eigenvalue weighted by molar-refractivity contribution is 5.94. The summed E-state index contributed by atoms with van der Waals surface area (Å²) in [5, 5.41) is 5.42. The molecular weight excluding hydrogens is 398 g/mol. The second kappa shape index (κ2) is 7.34. The van der Waals surface area contributed by atoms with Crippen LogP contribution >= 0.6 is 0 Å². The third kappa shape index (κ3) is 3.12. The van der Waals surface area contributed by atoms with Crippen LogP contribution in [0.3, 0.4) is 0 Å². The van der Waals surface area contributed by atoms with Crippen LogP contribution in [0.25, 0.3) is 10.9 Å². The van der Waals surface area contributed by atoms with Crippen LogP contribution in [0, 0.1) is 18.6 Å². The van der Waals surface area contributed by atoms with Gasteiger partial charge in [0, 0.05) is 35.2 Å². The van der Waals surface area contributed by atoms with Crippen molar-refractivity contribution in [2.45, 2.75) is 32.9 Å². The smallest absolute Gasteiger partial charge is 0.272 e. The first-order chi connectivity index (χ1) is 15.0. The van der Waals surface area contributed by atoms with Crippen molar-refractivity contribution in [2.24, 2.45) is 0 Å². The van der Waals surface area contributed by atoms with Crippen molar-refractivity contribution in [3.63, 3.8) is 0 Å².